The molecule has 1 saturated carbocycles. The highest BCUT2D eigenvalue weighted by molar-refractivity contribution is 5.98. The summed E-state index contributed by atoms with van der Waals surface area (Å²) >= 11 is 0. The van der Waals surface area contributed by atoms with Crippen LogP contribution in [0.1, 0.15) is 60.0 Å². The van der Waals surface area contributed by atoms with Crippen molar-refractivity contribution in [2.45, 2.75) is 64.0 Å². The molecule has 1 atom stereocenters. The minimum atomic E-state index is -0.786. The van der Waals surface area contributed by atoms with Gasteiger partial charge in [-0.3, -0.25) is 14.4 Å². The molecule has 1 aliphatic carbocycles. The molecular formula is C37H45N9O3. The van der Waals surface area contributed by atoms with Gasteiger partial charge >= 0.3 is 0 Å². The van der Waals surface area contributed by atoms with E-state index in [4.69, 9.17) is 5.73 Å². The fourth-order valence-corrected chi connectivity index (χ4v) is 6.74. The van der Waals surface area contributed by atoms with Crippen LogP contribution >= 0.6 is 0 Å². The molecule has 6 rings (SSSR count). The number of nitrogens with zero attached hydrogens (tertiary/aromatic N) is 3. The number of hydrogen-bond donors (Lipinski definition) is 6. The Labute approximate surface area is 286 Å². The van der Waals surface area contributed by atoms with Gasteiger partial charge in [0.25, 0.3) is 5.91 Å². The van der Waals surface area contributed by atoms with E-state index in [1.165, 1.54) is 0 Å². The van der Waals surface area contributed by atoms with Crippen LogP contribution in [0.4, 0.5) is 5.69 Å². The number of nitrogens with one attached hydrogen (secondary N) is 5. The number of H-pyrrole nitrogens is 1. The summed E-state index contributed by atoms with van der Waals surface area (Å²) in [5, 5.41) is 26.6. The number of tetrazole rings is 1. The number of carbonyl (C=O) groups is 3. The van der Waals surface area contributed by atoms with E-state index >= 15 is 0 Å². The summed E-state index contributed by atoms with van der Waals surface area (Å²) in [5.41, 5.74) is 11.8. The van der Waals surface area contributed by atoms with Crippen LogP contribution in [-0.2, 0) is 16.0 Å². The standard InChI is InChI=1S/C37H45N9O3/c1-23-2-7-29(36(48)40-31-16-18-39-19-17-31)21-32(23)26-8-3-24(4-9-26)20-33(42-35(47)28-10-5-25(22-38)6-11-28)37(49)41-30-14-12-27(13-15-30)34-43-45-46-44-34/h2-4,7-9,12-15,21,25,28,31,33,39H,5-6,10-11,16-20,22,38H2,1H3,(H,40,48)(H,41,49)(H,42,47)(H,43,44,45,46)/t25?,28?,33-/m0/s1. The van der Waals surface area contributed by atoms with E-state index in [2.05, 4.69) is 41.9 Å². The Morgan fingerprint density at radius 3 is 2.29 bits per heavy atom. The number of carbonyl (C=O) groups excluding carboxylic acids is 3. The molecule has 1 aliphatic heterocycles. The Kier molecular flexibility index (Phi) is 11.1. The summed E-state index contributed by atoms with van der Waals surface area (Å²) in [6.45, 7) is 4.49. The van der Waals surface area contributed by atoms with Gasteiger partial charge in [0.1, 0.15) is 6.04 Å². The van der Waals surface area contributed by atoms with Crippen LogP contribution in [-0.4, -0.2) is 70.1 Å². The normalized spacial score (nSPS) is 18.7. The summed E-state index contributed by atoms with van der Waals surface area (Å²) in [5.74, 6) is 0.300. The number of hydrogen-bond acceptors (Lipinski definition) is 8. The molecule has 256 valence electrons. The molecule has 1 aromatic heterocycles. The fourth-order valence-electron chi connectivity index (χ4n) is 6.74. The Hall–Kier alpha value is -4.94. The summed E-state index contributed by atoms with van der Waals surface area (Å²) in [4.78, 5) is 40.2. The Balaban J connectivity index is 1.16. The van der Waals surface area contributed by atoms with Crippen molar-refractivity contribution in [1.29, 1.82) is 0 Å². The maximum Gasteiger partial charge on any atom is 0.251 e. The van der Waals surface area contributed by atoms with Crippen LogP contribution in [0.3, 0.4) is 0 Å². The molecule has 2 fully saturated rings. The molecular weight excluding hydrogens is 618 g/mol. The monoisotopic (exact) mass is 663 g/mol. The van der Waals surface area contributed by atoms with Crippen molar-refractivity contribution < 1.29 is 14.4 Å². The van der Waals surface area contributed by atoms with Gasteiger partial charge in [0, 0.05) is 35.2 Å². The molecule has 49 heavy (non-hydrogen) atoms. The molecule has 1 saturated heterocycles. The van der Waals surface area contributed by atoms with E-state index in [0.717, 1.165) is 79.4 Å². The number of aromatic nitrogens is 4. The molecule has 0 spiro atoms. The lowest BCUT2D eigenvalue weighted by molar-refractivity contribution is -0.130. The maximum absolute atomic E-state index is 13.7. The van der Waals surface area contributed by atoms with Gasteiger partial charge in [0.2, 0.25) is 17.6 Å². The highest BCUT2D eigenvalue weighted by atomic mass is 16.2. The fraction of sp³-hybridized carbons (Fsp3) is 0.405. The first kappa shape index (κ1) is 33.9. The van der Waals surface area contributed by atoms with Crippen LogP contribution in [0.5, 0.6) is 0 Å². The first-order chi connectivity index (χ1) is 23.9. The van der Waals surface area contributed by atoms with Crippen molar-refractivity contribution >= 4 is 23.4 Å². The van der Waals surface area contributed by atoms with E-state index < -0.39 is 6.04 Å². The summed E-state index contributed by atoms with van der Waals surface area (Å²) in [6.07, 6.45) is 5.53. The average molecular weight is 664 g/mol. The zero-order chi connectivity index (χ0) is 34.2. The topological polar surface area (TPSA) is 180 Å². The van der Waals surface area contributed by atoms with Gasteiger partial charge in [-0.05, 0) is 135 Å². The second-order valence-electron chi connectivity index (χ2n) is 13.2. The summed E-state index contributed by atoms with van der Waals surface area (Å²) in [7, 11) is 0. The number of benzene rings is 3. The second kappa shape index (κ2) is 16.0. The Bertz CT molecular complexity index is 1710. The van der Waals surface area contributed by atoms with E-state index in [-0.39, 0.29) is 29.7 Å². The highest BCUT2D eigenvalue weighted by Crippen LogP contribution is 2.29. The molecule has 0 bridgehead atoms. The molecule has 0 radical (unpaired) electrons. The van der Waals surface area contributed by atoms with Gasteiger partial charge in [0.05, 0.1) is 0 Å². The predicted octanol–water partition coefficient (Wildman–Crippen LogP) is 3.76. The molecule has 7 N–H and O–H groups in total. The number of amides is 3. The number of rotatable bonds is 11. The lowest BCUT2D eigenvalue weighted by Gasteiger charge is -2.28. The third kappa shape index (κ3) is 8.76. The molecule has 3 amide bonds. The molecule has 2 heterocycles. The van der Waals surface area contributed by atoms with E-state index in [1.54, 1.807) is 24.3 Å². The van der Waals surface area contributed by atoms with Crippen molar-refractivity contribution in [3.8, 4) is 22.5 Å². The number of aryl methyl sites for hydroxylation is 1. The quantitative estimate of drug-likeness (QED) is 0.140. The highest BCUT2D eigenvalue weighted by Gasteiger charge is 2.29. The second-order valence-corrected chi connectivity index (χ2v) is 13.2. The largest absolute Gasteiger partial charge is 0.349 e. The van der Waals surface area contributed by atoms with Crippen molar-refractivity contribution in [3.63, 3.8) is 0 Å². The summed E-state index contributed by atoms with van der Waals surface area (Å²) < 4.78 is 0. The minimum Gasteiger partial charge on any atom is -0.349 e. The Morgan fingerprint density at radius 2 is 1.61 bits per heavy atom. The van der Waals surface area contributed by atoms with Gasteiger partial charge < -0.3 is 27.0 Å². The molecule has 12 nitrogen and oxygen atoms in total. The van der Waals surface area contributed by atoms with Crippen molar-refractivity contribution in [2.75, 3.05) is 25.0 Å². The smallest absolute Gasteiger partial charge is 0.251 e. The average Bonchev–Trinajstić information content (AvgIpc) is 3.68. The van der Waals surface area contributed by atoms with Crippen LogP contribution in [0.25, 0.3) is 22.5 Å². The molecule has 2 aliphatic rings. The number of piperidine rings is 1. The summed E-state index contributed by atoms with van der Waals surface area (Å²) in [6, 6.07) is 20.3. The van der Waals surface area contributed by atoms with Crippen molar-refractivity contribution in [3.05, 3.63) is 83.4 Å². The first-order valence-electron chi connectivity index (χ1n) is 17.2. The minimum absolute atomic E-state index is 0.0599. The molecule has 0 unspecified atom stereocenters. The zero-order valence-corrected chi connectivity index (χ0v) is 27.9. The molecule has 4 aromatic rings. The number of nitrogens with two attached hydrogens (primary N) is 1. The van der Waals surface area contributed by atoms with E-state index in [1.807, 2.05) is 49.4 Å². The van der Waals surface area contributed by atoms with Crippen LogP contribution in [0.2, 0.25) is 0 Å². The lowest BCUT2D eigenvalue weighted by Crippen LogP contribution is -2.48. The van der Waals surface area contributed by atoms with Crippen molar-refractivity contribution in [2.24, 2.45) is 17.6 Å². The van der Waals surface area contributed by atoms with Crippen LogP contribution in [0, 0.1) is 18.8 Å². The Morgan fingerprint density at radius 1 is 0.898 bits per heavy atom. The first-order valence-corrected chi connectivity index (χ1v) is 17.2. The maximum atomic E-state index is 13.7. The molecule has 3 aromatic carbocycles. The van der Waals surface area contributed by atoms with Gasteiger partial charge in [-0.15, -0.1) is 10.2 Å². The van der Waals surface area contributed by atoms with Crippen molar-refractivity contribution in [1.82, 2.24) is 36.6 Å². The van der Waals surface area contributed by atoms with E-state index in [0.29, 0.717) is 36.0 Å². The third-order valence-corrected chi connectivity index (χ3v) is 9.82. The van der Waals surface area contributed by atoms with E-state index in [9.17, 15) is 14.4 Å². The lowest BCUT2D eigenvalue weighted by atomic mass is 9.81. The van der Waals surface area contributed by atoms with Gasteiger partial charge in [-0.1, -0.05) is 30.3 Å². The van der Waals surface area contributed by atoms with Gasteiger partial charge in [-0.25, -0.2) is 0 Å². The number of aromatic amines is 1. The SMILES string of the molecule is Cc1ccc(C(=O)NC2CCNCC2)cc1-c1ccc(C[C@H](NC(=O)C2CCC(CN)CC2)C(=O)Nc2ccc(-c3nn[nH]n3)cc2)cc1. The number of anilines is 1. The predicted molar refractivity (Wildman–Crippen MR) is 188 cm³/mol. The van der Waals surface area contributed by atoms with Gasteiger partial charge in [0.15, 0.2) is 0 Å². The van der Waals surface area contributed by atoms with Gasteiger partial charge in [-0.2, -0.15) is 5.21 Å². The zero-order valence-electron chi connectivity index (χ0n) is 27.9. The van der Waals surface area contributed by atoms with Crippen LogP contribution in [0.15, 0.2) is 66.7 Å². The third-order valence-electron chi connectivity index (χ3n) is 9.82. The molecule has 12 heteroatoms. The van der Waals surface area contributed by atoms with Crippen LogP contribution < -0.4 is 27.0 Å².